The van der Waals surface area contributed by atoms with Gasteiger partial charge in [-0.3, -0.25) is 14.4 Å². The first kappa shape index (κ1) is 27.3. The molecule has 3 amide bonds. The van der Waals surface area contributed by atoms with E-state index >= 15 is 0 Å². The molecule has 2 N–H and O–H groups in total. The Hall–Kier alpha value is -1.93. The number of hydrogen-bond donors (Lipinski definition) is 2. The van der Waals surface area contributed by atoms with Crippen molar-refractivity contribution in [1.82, 2.24) is 15.5 Å². The van der Waals surface area contributed by atoms with Crippen molar-refractivity contribution in [3.05, 3.63) is 0 Å². The van der Waals surface area contributed by atoms with Crippen molar-refractivity contribution in [2.75, 3.05) is 18.6 Å². The number of likely N-dealkylation sites (tertiary alicyclic amines) is 1. The molecule has 2 rings (SSSR count). The van der Waals surface area contributed by atoms with Gasteiger partial charge in [0.1, 0.15) is 17.8 Å². The molecule has 186 valence electrons. The summed E-state index contributed by atoms with van der Waals surface area (Å²) in [6.07, 6.45) is 2.16. The number of carbonyl (C=O) groups excluding carboxylic acids is 3. The zero-order valence-corrected chi connectivity index (χ0v) is 20.5. The van der Waals surface area contributed by atoms with Gasteiger partial charge < -0.3 is 20.1 Å². The Labute approximate surface area is 195 Å². The maximum atomic E-state index is 13.4. The number of carbonyl (C=O) groups is 3. The van der Waals surface area contributed by atoms with Crippen molar-refractivity contribution < 1.29 is 32.1 Å². The number of alkyl halides is 3. The number of amides is 3. The molecule has 1 aliphatic carbocycles. The third-order valence-electron chi connectivity index (χ3n) is 6.62. The molecule has 0 aromatic rings. The van der Waals surface area contributed by atoms with Crippen LogP contribution in [0.15, 0.2) is 0 Å². The zero-order chi connectivity index (χ0) is 25.5. The molecule has 0 aromatic carbocycles. The topological polar surface area (TPSA) is 102 Å². The van der Waals surface area contributed by atoms with Gasteiger partial charge in [-0.05, 0) is 22.7 Å². The maximum Gasteiger partial charge on any atom is 0.471 e. The predicted molar refractivity (Wildman–Crippen MR) is 118 cm³/mol. The van der Waals surface area contributed by atoms with Crippen LogP contribution < -0.4 is 10.6 Å². The average molecular weight is 492 g/mol. The lowest BCUT2D eigenvalue weighted by molar-refractivity contribution is -0.176. The molecule has 2 aliphatic rings. The second kappa shape index (κ2) is 9.37. The van der Waals surface area contributed by atoms with E-state index < -0.39 is 58.6 Å². The summed E-state index contributed by atoms with van der Waals surface area (Å²) in [4.78, 5) is 39.5. The summed E-state index contributed by atoms with van der Waals surface area (Å²) < 4.78 is 50.0. The molecule has 1 saturated carbocycles. The first-order valence-corrected chi connectivity index (χ1v) is 12.4. The van der Waals surface area contributed by atoms with E-state index in [1.165, 1.54) is 11.2 Å². The standard InChI is InChI=1S/C22H32F3N3O4S/c1-8-12(9-10-33(7)32)26-17(29)15-14-13(21(14,5)6)11-28(15)18(30)16(20(2,3)4)27-19(31)22(23,24)25/h1,12-16H,9-11H2,2-7H3,(H,26,29)(H,27,31)/t12-,13+,14+,15+,16-,33?/m1/s1. The van der Waals surface area contributed by atoms with Crippen LogP contribution in [0.5, 0.6) is 0 Å². The van der Waals surface area contributed by atoms with E-state index in [4.69, 9.17) is 6.42 Å². The van der Waals surface area contributed by atoms with Crippen molar-refractivity contribution in [1.29, 1.82) is 0 Å². The second-order valence-corrected chi connectivity index (χ2v) is 12.0. The quantitative estimate of drug-likeness (QED) is 0.416. The zero-order valence-electron chi connectivity index (χ0n) is 19.7. The summed E-state index contributed by atoms with van der Waals surface area (Å²) >= 11 is -1.10. The minimum Gasteiger partial charge on any atom is -0.617 e. The van der Waals surface area contributed by atoms with E-state index in [-0.39, 0.29) is 36.0 Å². The molecule has 6 atom stereocenters. The maximum absolute atomic E-state index is 13.4. The van der Waals surface area contributed by atoms with Gasteiger partial charge >= 0.3 is 12.1 Å². The Morgan fingerprint density at radius 2 is 1.82 bits per heavy atom. The monoisotopic (exact) mass is 491 g/mol. The molecular weight excluding hydrogens is 459 g/mol. The van der Waals surface area contributed by atoms with E-state index in [1.807, 2.05) is 19.2 Å². The second-order valence-electron chi connectivity index (χ2n) is 10.5. The highest BCUT2D eigenvalue weighted by molar-refractivity contribution is 7.90. The highest BCUT2D eigenvalue weighted by atomic mass is 32.2. The number of rotatable bonds is 7. The first-order chi connectivity index (χ1) is 14.9. The van der Waals surface area contributed by atoms with Crippen molar-refractivity contribution in [2.45, 2.75) is 65.3 Å². The smallest absolute Gasteiger partial charge is 0.471 e. The molecule has 1 heterocycles. The first-order valence-electron chi connectivity index (χ1n) is 10.7. The average Bonchev–Trinajstić information content (AvgIpc) is 3.02. The molecule has 0 bridgehead atoms. The highest BCUT2D eigenvalue weighted by Gasteiger charge is 2.69. The van der Waals surface area contributed by atoms with E-state index in [0.717, 1.165) is 0 Å². The fourth-order valence-corrected chi connectivity index (χ4v) is 5.15. The van der Waals surface area contributed by atoms with Crippen LogP contribution in [0.4, 0.5) is 13.2 Å². The van der Waals surface area contributed by atoms with Gasteiger partial charge in [0.25, 0.3) is 0 Å². The van der Waals surface area contributed by atoms with Gasteiger partial charge in [-0.2, -0.15) is 13.2 Å². The lowest BCUT2D eigenvalue weighted by Crippen LogP contribution is -2.61. The largest absolute Gasteiger partial charge is 0.617 e. The Bertz CT molecular complexity index is 832. The highest BCUT2D eigenvalue weighted by Crippen LogP contribution is 2.65. The summed E-state index contributed by atoms with van der Waals surface area (Å²) in [5, 5.41) is 4.53. The Morgan fingerprint density at radius 1 is 1.24 bits per heavy atom. The number of halogens is 3. The molecule has 1 aliphatic heterocycles. The molecule has 2 fully saturated rings. The summed E-state index contributed by atoms with van der Waals surface area (Å²) in [5.41, 5.74) is -1.25. The molecule has 0 radical (unpaired) electrons. The Balaban J connectivity index is 2.27. The molecular formula is C22H32F3N3O4S. The van der Waals surface area contributed by atoms with E-state index in [0.29, 0.717) is 0 Å². The third-order valence-corrected chi connectivity index (χ3v) is 7.43. The lowest BCUT2D eigenvalue weighted by atomic mass is 9.85. The van der Waals surface area contributed by atoms with Crippen LogP contribution in [0.2, 0.25) is 0 Å². The van der Waals surface area contributed by atoms with E-state index in [9.17, 15) is 32.1 Å². The molecule has 0 spiro atoms. The molecule has 1 unspecified atom stereocenters. The van der Waals surface area contributed by atoms with Crippen molar-refractivity contribution in [2.24, 2.45) is 22.7 Å². The van der Waals surface area contributed by atoms with Crippen LogP contribution in [0.3, 0.4) is 0 Å². The van der Waals surface area contributed by atoms with Crippen molar-refractivity contribution in [3.8, 4) is 12.3 Å². The lowest BCUT2D eigenvalue weighted by Gasteiger charge is -2.37. The summed E-state index contributed by atoms with van der Waals surface area (Å²) in [7, 11) is 0. The van der Waals surface area contributed by atoms with Crippen LogP contribution in [0, 0.1) is 35.0 Å². The van der Waals surface area contributed by atoms with E-state index in [1.54, 1.807) is 20.8 Å². The van der Waals surface area contributed by atoms with Gasteiger partial charge in [-0.15, -0.1) is 6.42 Å². The van der Waals surface area contributed by atoms with Gasteiger partial charge in [-0.1, -0.05) is 51.7 Å². The van der Waals surface area contributed by atoms with Crippen LogP contribution in [-0.2, 0) is 25.6 Å². The predicted octanol–water partition coefficient (Wildman–Crippen LogP) is 1.45. The summed E-state index contributed by atoms with van der Waals surface area (Å²) in [6.45, 7) is 8.76. The minimum atomic E-state index is -5.14. The van der Waals surface area contributed by atoms with Gasteiger partial charge in [0.15, 0.2) is 0 Å². The molecule has 11 heteroatoms. The molecule has 7 nitrogen and oxygen atoms in total. The van der Waals surface area contributed by atoms with Gasteiger partial charge in [-0.25, -0.2) is 0 Å². The minimum absolute atomic E-state index is 0.00330. The molecule has 1 saturated heterocycles. The number of terminal acetylenes is 1. The van der Waals surface area contributed by atoms with Crippen molar-refractivity contribution >= 4 is 28.9 Å². The summed E-state index contributed by atoms with van der Waals surface area (Å²) in [5.74, 6) is -0.894. The third kappa shape index (κ3) is 5.96. The Kier molecular flexibility index (Phi) is 7.76. The number of piperidine rings is 1. The number of hydrogen-bond acceptors (Lipinski definition) is 4. The van der Waals surface area contributed by atoms with Crippen LogP contribution in [0.1, 0.15) is 41.0 Å². The Morgan fingerprint density at radius 3 is 2.27 bits per heavy atom. The molecule has 33 heavy (non-hydrogen) atoms. The van der Waals surface area contributed by atoms with Crippen LogP contribution >= 0.6 is 0 Å². The SMILES string of the molecule is C#C[C@H](CC[S+](C)[O-])NC(=O)[C@@H]1[C@@H]2[C@H](CN1C(=O)[C@@H](NC(=O)C(F)(F)F)C(C)(C)C)C2(C)C. The summed E-state index contributed by atoms with van der Waals surface area (Å²) in [6, 6.07) is -3.09. The fourth-order valence-electron chi connectivity index (χ4n) is 4.58. The van der Waals surface area contributed by atoms with Gasteiger partial charge in [0.05, 0.1) is 12.3 Å². The number of nitrogens with zero attached hydrogens (tertiary/aromatic N) is 1. The fraction of sp³-hybridized carbons (Fsp3) is 0.773. The van der Waals surface area contributed by atoms with Gasteiger partial charge in [0.2, 0.25) is 11.8 Å². The van der Waals surface area contributed by atoms with Crippen LogP contribution in [-0.4, -0.2) is 70.0 Å². The number of fused-ring (bicyclic) bond motifs is 1. The van der Waals surface area contributed by atoms with Crippen molar-refractivity contribution in [3.63, 3.8) is 0 Å². The van der Waals surface area contributed by atoms with Crippen LogP contribution in [0.25, 0.3) is 0 Å². The normalized spacial score (nSPS) is 26.5. The number of nitrogens with one attached hydrogen (secondary N) is 2. The van der Waals surface area contributed by atoms with E-state index in [2.05, 4.69) is 11.2 Å². The molecule has 0 aromatic heterocycles. The van der Waals surface area contributed by atoms with Gasteiger partial charge in [0, 0.05) is 13.0 Å².